The lowest BCUT2D eigenvalue weighted by Gasteiger charge is -2.26. The van der Waals surface area contributed by atoms with Gasteiger partial charge in [0.15, 0.2) is 0 Å². The van der Waals surface area contributed by atoms with Crippen molar-refractivity contribution in [2.24, 2.45) is 0 Å². The van der Waals surface area contributed by atoms with Gasteiger partial charge in [-0.15, -0.1) is 0 Å². The number of halogens is 1. The molecule has 1 aliphatic rings. The number of carbonyl (C=O) groups excluding carboxylic acids is 1. The van der Waals surface area contributed by atoms with Crippen molar-refractivity contribution in [1.29, 1.82) is 0 Å². The van der Waals surface area contributed by atoms with E-state index in [1.165, 1.54) is 50.8 Å². The zero-order valence-electron chi connectivity index (χ0n) is 18.1. The maximum atomic E-state index is 13.5. The molecule has 0 unspecified atom stereocenters. The number of likely N-dealkylation sites (tertiary alicyclic amines) is 1. The van der Waals surface area contributed by atoms with E-state index in [1.54, 1.807) is 30.3 Å². The summed E-state index contributed by atoms with van der Waals surface area (Å²) in [5.74, 6) is 0.166. The first-order valence-electron chi connectivity index (χ1n) is 11.1. The van der Waals surface area contributed by atoms with Gasteiger partial charge in [-0.1, -0.05) is 24.6 Å². The molecule has 2 heterocycles. The van der Waals surface area contributed by atoms with Crippen LogP contribution < -0.4 is 10.6 Å². The summed E-state index contributed by atoms with van der Waals surface area (Å²) in [4.78, 5) is 23.5. The first-order chi connectivity index (χ1) is 15.7. The van der Waals surface area contributed by atoms with Gasteiger partial charge in [-0.25, -0.2) is 14.4 Å². The Morgan fingerprint density at radius 3 is 2.69 bits per heavy atom. The summed E-state index contributed by atoms with van der Waals surface area (Å²) in [6.45, 7) is 4.04. The van der Waals surface area contributed by atoms with E-state index in [1.807, 2.05) is 12.1 Å². The van der Waals surface area contributed by atoms with Crippen molar-refractivity contribution in [3.8, 4) is 11.3 Å². The molecule has 1 aliphatic heterocycles. The van der Waals surface area contributed by atoms with Gasteiger partial charge in [-0.2, -0.15) is 0 Å². The van der Waals surface area contributed by atoms with Crippen LogP contribution in [-0.2, 0) is 0 Å². The fourth-order valence-corrected chi connectivity index (χ4v) is 3.91. The Balaban J connectivity index is 1.33. The van der Waals surface area contributed by atoms with Crippen LogP contribution in [0.15, 0.2) is 60.9 Å². The number of anilines is 2. The van der Waals surface area contributed by atoms with Gasteiger partial charge in [0, 0.05) is 29.4 Å². The van der Waals surface area contributed by atoms with Crippen LogP contribution in [0.3, 0.4) is 0 Å². The van der Waals surface area contributed by atoms with E-state index < -0.39 is 0 Å². The summed E-state index contributed by atoms with van der Waals surface area (Å²) in [7, 11) is 0. The third kappa shape index (κ3) is 6.11. The van der Waals surface area contributed by atoms with Crippen LogP contribution in [0.2, 0.25) is 0 Å². The van der Waals surface area contributed by atoms with Gasteiger partial charge in [-0.3, -0.25) is 4.79 Å². The predicted molar refractivity (Wildman–Crippen MR) is 124 cm³/mol. The molecule has 3 aromatic rings. The highest BCUT2D eigenvalue weighted by Crippen LogP contribution is 2.22. The Labute approximate surface area is 187 Å². The summed E-state index contributed by atoms with van der Waals surface area (Å²) in [5, 5.41) is 6.21. The third-order valence-electron chi connectivity index (χ3n) is 5.57. The Morgan fingerprint density at radius 2 is 1.84 bits per heavy atom. The number of hydrogen-bond acceptors (Lipinski definition) is 5. The molecule has 6 nitrogen and oxygen atoms in total. The van der Waals surface area contributed by atoms with Crippen molar-refractivity contribution in [3.05, 3.63) is 72.3 Å². The number of benzene rings is 2. The zero-order chi connectivity index (χ0) is 22.2. The summed E-state index contributed by atoms with van der Waals surface area (Å²) >= 11 is 0. The molecule has 1 amide bonds. The standard InChI is InChI=1S/C25H28FN5O/c26-21-9-4-7-19(15-21)23-17-24(29-18-28-23)30-22-10-5-8-20(16-22)25(32)27-11-6-14-31-12-2-1-3-13-31/h4-5,7-10,15-18H,1-3,6,11-14H2,(H,27,32)(H,28,29,30). The minimum absolute atomic E-state index is 0.0876. The Kier molecular flexibility index (Phi) is 7.40. The lowest BCUT2D eigenvalue weighted by Crippen LogP contribution is -2.33. The fourth-order valence-electron chi connectivity index (χ4n) is 3.91. The predicted octanol–water partition coefficient (Wildman–Crippen LogP) is 4.63. The highest BCUT2D eigenvalue weighted by Gasteiger charge is 2.11. The summed E-state index contributed by atoms with van der Waals surface area (Å²) in [6, 6.07) is 15.3. The van der Waals surface area contributed by atoms with Crippen molar-refractivity contribution in [1.82, 2.24) is 20.2 Å². The number of piperidine rings is 1. The molecule has 7 heteroatoms. The molecular formula is C25H28FN5O. The normalized spacial score (nSPS) is 14.2. The van der Waals surface area contributed by atoms with Crippen molar-refractivity contribution in [2.45, 2.75) is 25.7 Å². The van der Waals surface area contributed by atoms with E-state index >= 15 is 0 Å². The quantitative estimate of drug-likeness (QED) is 0.507. The van der Waals surface area contributed by atoms with Gasteiger partial charge in [0.2, 0.25) is 0 Å². The maximum absolute atomic E-state index is 13.5. The van der Waals surface area contributed by atoms with E-state index in [4.69, 9.17) is 0 Å². The molecule has 0 aliphatic carbocycles. The number of rotatable bonds is 8. The second-order valence-corrected chi connectivity index (χ2v) is 8.02. The molecule has 2 aromatic carbocycles. The first kappa shape index (κ1) is 21.9. The topological polar surface area (TPSA) is 70.2 Å². The molecule has 1 fully saturated rings. The summed E-state index contributed by atoms with van der Waals surface area (Å²) in [6.07, 6.45) is 6.28. The highest BCUT2D eigenvalue weighted by molar-refractivity contribution is 5.95. The smallest absolute Gasteiger partial charge is 0.251 e. The molecular weight excluding hydrogens is 405 g/mol. The number of nitrogens with one attached hydrogen (secondary N) is 2. The van der Waals surface area contributed by atoms with Gasteiger partial charge >= 0.3 is 0 Å². The maximum Gasteiger partial charge on any atom is 0.251 e. The van der Waals surface area contributed by atoms with Crippen LogP contribution in [0.1, 0.15) is 36.0 Å². The van der Waals surface area contributed by atoms with Gasteiger partial charge in [0.05, 0.1) is 5.69 Å². The van der Waals surface area contributed by atoms with Gasteiger partial charge < -0.3 is 15.5 Å². The number of carbonyl (C=O) groups is 1. The summed E-state index contributed by atoms with van der Waals surface area (Å²) in [5.41, 5.74) is 2.62. The molecule has 1 aromatic heterocycles. The second-order valence-electron chi connectivity index (χ2n) is 8.02. The Bertz CT molecular complexity index is 1050. The van der Waals surface area contributed by atoms with E-state index in [0.29, 0.717) is 29.2 Å². The summed E-state index contributed by atoms with van der Waals surface area (Å²) < 4.78 is 13.5. The van der Waals surface area contributed by atoms with Crippen molar-refractivity contribution < 1.29 is 9.18 Å². The second kappa shape index (κ2) is 10.8. The minimum atomic E-state index is -0.315. The Hall–Kier alpha value is -3.32. The number of hydrogen-bond donors (Lipinski definition) is 2. The lowest BCUT2D eigenvalue weighted by atomic mass is 10.1. The van der Waals surface area contributed by atoms with Crippen molar-refractivity contribution in [2.75, 3.05) is 31.5 Å². The lowest BCUT2D eigenvalue weighted by molar-refractivity contribution is 0.0951. The largest absolute Gasteiger partial charge is 0.352 e. The van der Waals surface area contributed by atoms with Crippen LogP contribution in [0.4, 0.5) is 15.9 Å². The third-order valence-corrected chi connectivity index (χ3v) is 5.57. The van der Waals surface area contributed by atoms with Crippen molar-refractivity contribution in [3.63, 3.8) is 0 Å². The van der Waals surface area contributed by atoms with Crippen LogP contribution in [0.5, 0.6) is 0 Å². The molecule has 166 valence electrons. The average molecular weight is 434 g/mol. The van der Waals surface area contributed by atoms with Gasteiger partial charge in [-0.05, 0) is 69.2 Å². The van der Waals surface area contributed by atoms with E-state index in [9.17, 15) is 9.18 Å². The first-order valence-corrected chi connectivity index (χ1v) is 11.1. The number of nitrogens with zero attached hydrogens (tertiary/aromatic N) is 3. The molecule has 4 rings (SSSR count). The fraction of sp³-hybridized carbons (Fsp3) is 0.320. The molecule has 0 radical (unpaired) electrons. The molecule has 0 saturated carbocycles. The molecule has 1 saturated heterocycles. The highest BCUT2D eigenvalue weighted by atomic mass is 19.1. The molecule has 2 N–H and O–H groups in total. The van der Waals surface area contributed by atoms with E-state index in [2.05, 4.69) is 25.5 Å². The minimum Gasteiger partial charge on any atom is -0.352 e. The number of aromatic nitrogens is 2. The molecule has 0 bridgehead atoms. The molecule has 32 heavy (non-hydrogen) atoms. The van der Waals surface area contributed by atoms with E-state index in [-0.39, 0.29) is 11.7 Å². The zero-order valence-corrected chi connectivity index (χ0v) is 18.1. The van der Waals surface area contributed by atoms with E-state index in [0.717, 1.165) is 18.7 Å². The monoisotopic (exact) mass is 433 g/mol. The van der Waals surface area contributed by atoms with Crippen LogP contribution in [0.25, 0.3) is 11.3 Å². The van der Waals surface area contributed by atoms with Crippen molar-refractivity contribution >= 4 is 17.4 Å². The van der Waals surface area contributed by atoms with Gasteiger partial charge in [0.1, 0.15) is 18.0 Å². The number of amides is 1. The van der Waals surface area contributed by atoms with Crippen LogP contribution in [-0.4, -0.2) is 47.0 Å². The molecule has 0 spiro atoms. The Morgan fingerprint density at radius 1 is 1.00 bits per heavy atom. The van der Waals surface area contributed by atoms with Gasteiger partial charge in [0.25, 0.3) is 5.91 Å². The average Bonchev–Trinajstić information content (AvgIpc) is 2.83. The molecule has 0 atom stereocenters. The van der Waals surface area contributed by atoms with Crippen LogP contribution in [0, 0.1) is 5.82 Å². The van der Waals surface area contributed by atoms with Crippen LogP contribution >= 0.6 is 0 Å². The SMILES string of the molecule is O=C(NCCCN1CCCCC1)c1cccc(Nc2cc(-c3cccc(F)c3)ncn2)c1.